The number of aromatic nitrogens is 2. The van der Waals surface area contributed by atoms with Gasteiger partial charge in [-0.05, 0) is 37.5 Å². The maximum atomic E-state index is 12.9. The average molecular weight is 446 g/mol. The number of aryl methyl sites for hydroxylation is 1. The fraction of sp³-hybridized carbons (Fsp3) is 0.600. The molecule has 0 bridgehead atoms. The number of imidazole rings is 1. The molecule has 10 heteroatoms. The largest absolute Gasteiger partial charge is 0.389 e. The second-order valence-electron chi connectivity index (χ2n) is 8.67. The fourth-order valence-electron chi connectivity index (χ4n) is 3.71. The summed E-state index contributed by atoms with van der Waals surface area (Å²) in [6.45, 7) is 6.52. The minimum atomic E-state index is -4.18. The second kappa shape index (κ2) is 7.86. The zero-order chi connectivity index (χ0) is 22.3. The number of amides is 1. The zero-order valence-electron chi connectivity index (χ0n) is 17.2. The highest BCUT2D eigenvalue weighted by Crippen LogP contribution is 2.30. The van der Waals surface area contributed by atoms with Crippen LogP contribution in [-0.2, 0) is 26.6 Å². The molecule has 6 nitrogen and oxygen atoms in total. The van der Waals surface area contributed by atoms with Crippen LogP contribution in [0.1, 0.15) is 52.3 Å². The number of hydrogen-bond donors (Lipinski definition) is 1. The van der Waals surface area contributed by atoms with Gasteiger partial charge in [-0.1, -0.05) is 20.8 Å². The second-order valence-corrected chi connectivity index (χ2v) is 10.8. The van der Waals surface area contributed by atoms with Crippen LogP contribution in [0.4, 0.5) is 13.2 Å². The first kappa shape index (κ1) is 22.6. The van der Waals surface area contributed by atoms with Crippen molar-refractivity contribution in [1.29, 1.82) is 0 Å². The number of unbranched alkanes of at least 4 members (excludes halogenated alkanes) is 1. The molecule has 0 spiro atoms. The molecular weight excluding hydrogens is 419 g/mol. The van der Waals surface area contributed by atoms with E-state index >= 15 is 0 Å². The van der Waals surface area contributed by atoms with Crippen molar-refractivity contribution < 1.29 is 26.4 Å². The molecule has 1 aliphatic heterocycles. The van der Waals surface area contributed by atoms with E-state index in [4.69, 9.17) is 0 Å². The number of halogens is 3. The molecule has 1 aromatic carbocycles. The fourth-order valence-corrected chi connectivity index (χ4v) is 5.37. The van der Waals surface area contributed by atoms with Crippen LogP contribution >= 0.6 is 0 Å². The molecule has 1 amide bonds. The van der Waals surface area contributed by atoms with E-state index < -0.39 is 33.6 Å². The summed E-state index contributed by atoms with van der Waals surface area (Å²) in [5.74, 6) is 0.179. The molecule has 166 valence electrons. The van der Waals surface area contributed by atoms with Crippen LogP contribution in [0.15, 0.2) is 23.1 Å². The van der Waals surface area contributed by atoms with Crippen LogP contribution in [0.25, 0.3) is 11.0 Å². The summed E-state index contributed by atoms with van der Waals surface area (Å²) < 4.78 is 65.0. The summed E-state index contributed by atoms with van der Waals surface area (Å²) in [7, 11) is -3.84. The highest BCUT2D eigenvalue weighted by atomic mass is 32.2. The molecule has 0 radical (unpaired) electrons. The van der Waals surface area contributed by atoms with Gasteiger partial charge in [-0.15, -0.1) is 0 Å². The number of sulfone groups is 1. The molecule has 0 saturated carbocycles. The molecule has 1 aromatic heterocycles. The normalized spacial score (nSPS) is 18.2. The van der Waals surface area contributed by atoms with E-state index in [-0.39, 0.29) is 23.2 Å². The molecule has 1 saturated heterocycles. The number of benzene rings is 1. The molecule has 2 aromatic rings. The smallest absolute Gasteiger partial charge is 0.355 e. The number of rotatable bonds is 6. The van der Waals surface area contributed by atoms with Gasteiger partial charge in [-0.2, -0.15) is 13.2 Å². The molecular formula is C20H26F3N3O3S. The van der Waals surface area contributed by atoms with Gasteiger partial charge in [0.05, 0.1) is 15.9 Å². The molecule has 1 N–H and O–H groups in total. The average Bonchev–Trinajstić information content (AvgIpc) is 3.21. The molecule has 30 heavy (non-hydrogen) atoms. The Morgan fingerprint density at radius 1 is 1.20 bits per heavy atom. The van der Waals surface area contributed by atoms with Crippen molar-refractivity contribution in [3.63, 3.8) is 0 Å². The van der Waals surface area contributed by atoms with E-state index in [1.54, 1.807) is 6.07 Å². The molecule has 0 aliphatic carbocycles. The van der Waals surface area contributed by atoms with E-state index in [2.05, 4.69) is 10.3 Å². The van der Waals surface area contributed by atoms with Crippen molar-refractivity contribution in [1.82, 2.24) is 14.9 Å². The number of fused-ring (bicyclic) bond motifs is 1. The summed E-state index contributed by atoms with van der Waals surface area (Å²) in [6.07, 6.45) is -4.46. The Kier molecular flexibility index (Phi) is 5.92. The Hall–Kier alpha value is -2.10. The Morgan fingerprint density at radius 3 is 2.47 bits per heavy atom. The predicted molar refractivity (Wildman–Crippen MR) is 107 cm³/mol. The molecule has 1 atom stereocenters. The van der Waals surface area contributed by atoms with E-state index in [0.29, 0.717) is 36.4 Å². The van der Waals surface area contributed by atoms with E-state index in [0.717, 1.165) is 0 Å². The summed E-state index contributed by atoms with van der Waals surface area (Å²) in [5.41, 5.74) is 0.741. The van der Waals surface area contributed by atoms with Gasteiger partial charge in [0.1, 0.15) is 11.1 Å². The van der Waals surface area contributed by atoms with Crippen LogP contribution < -0.4 is 5.32 Å². The van der Waals surface area contributed by atoms with Crippen LogP contribution in [0.3, 0.4) is 0 Å². The number of alkyl halides is 3. The number of nitrogens with zero attached hydrogens (tertiary/aromatic N) is 2. The first-order chi connectivity index (χ1) is 13.8. The summed E-state index contributed by atoms with van der Waals surface area (Å²) in [4.78, 5) is 16.5. The maximum Gasteiger partial charge on any atom is 0.389 e. The highest BCUT2D eigenvalue weighted by Gasteiger charge is 2.37. The minimum Gasteiger partial charge on any atom is -0.355 e. The molecule has 2 heterocycles. The third-order valence-electron chi connectivity index (χ3n) is 5.18. The monoisotopic (exact) mass is 445 g/mol. The molecule has 1 fully saturated rings. The summed E-state index contributed by atoms with van der Waals surface area (Å²) in [5, 5.41) is 1.43. The van der Waals surface area contributed by atoms with Gasteiger partial charge in [0, 0.05) is 24.9 Å². The summed E-state index contributed by atoms with van der Waals surface area (Å²) in [6, 6.07) is 4.53. The SMILES string of the molecule is CC(C)(C)c1nc2cc(S(=O)(=O)C3CCNC3=O)ccc2n1CCCCC(F)(F)F. The third-order valence-corrected chi connectivity index (χ3v) is 7.29. The lowest BCUT2D eigenvalue weighted by Gasteiger charge is -2.20. The van der Waals surface area contributed by atoms with Gasteiger partial charge in [0.2, 0.25) is 5.91 Å². The Labute approximate surface area is 173 Å². The standard InChI is InChI=1S/C20H26F3N3O3S/c1-19(2,3)18-25-14-12-13(30(28,29)16-8-10-24-17(16)27)6-7-15(14)26(18)11-5-4-9-20(21,22)23/h6-7,12,16H,4-5,8-11H2,1-3H3,(H,24,27). The van der Waals surface area contributed by atoms with Crippen LogP contribution in [0, 0.1) is 0 Å². The maximum absolute atomic E-state index is 12.9. The minimum absolute atomic E-state index is 0.00993. The van der Waals surface area contributed by atoms with Crippen molar-refractivity contribution in [2.24, 2.45) is 0 Å². The highest BCUT2D eigenvalue weighted by molar-refractivity contribution is 7.92. The van der Waals surface area contributed by atoms with Crippen molar-refractivity contribution in [3.8, 4) is 0 Å². The quantitative estimate of drug-likeness (QED) is 0.687. The van der Waals surface area contributed by atoms with E-state index in [1.807, 2.05) is 25.3 Å². The molecule has 1 aliphatic rings. The van der Waals surface area contributed by atoms with Crippen molar-refractivity contribution >= 4 is 26.8 Å². The lowest BCUT2D eigenvalue weighted by atomic mass is 9.95. The van der Waals surface area contributed by atoms with Crippen molar-refractivity contribution in [2.45, 2.75) is 74.7 Å². The number of nitrogens with one attached hydrogen (secondary N) is 1. The number of carbonyl (C=O) groups is 1. The molecule has 3 rings (SSSR count). The van der Waals surface area contributed by atoms with Gasteiger partial charge < -0.3 is 9.88 Å². The van der Waals surface area contributed by atoms with Gasteiger partial charge in [0.15, 0.2) is 9.84 Å². The van der Waals surface area contributed by atoms with Crippen molar-refractivity contribution in [3.05, 3.63) is 24.0 Å². The number of carbonyl (C=O) groups excluding carboxylic acids is 1. The van der Waals surface area contributed by atoms with Crippen LogP contribution in [0.5, 0.6) is 0 Å². The lowest BCUT2D eigenvalue weighted by molar-refractivity contribution is -0.135. The van der Waals surface area contributed by atoms with E-state index in [9.17, 15) is 26.4 Å². The lowest BCUT2D eigenvalue weighted by Crippen LogP contribution is -2.30. The van der Waals surface area contributed by atoms with Crippen LogP contribution in [-0.4, -0.2) is 41.8 Å². The third kappa shape index (κ3) is 4.63. The van der Waals surface area contributed by atoms with E-state index in [1.165, 1.54) is 12.1 Å². The topological polar surface area (TPSA) is 81.1 Å². The first-order valence-corrected chi connectivity index (χ1v) is 11.4. The van der Waals surface area contributed by atoms with Crippen molar-refractivity contribution in [2.75, 3.05) is 6.54 Å². The predicted octanol–water partition coefficient (Wildman–Crippen LogP) is 3.73. The van der Waals surface area contributed by atoms with Gasteiger partial charge >= 0.3 is 6.18 Å². The summed E-state index contributed by atoms with van der Waals surface area (Å²) >= 11 is 0. The van der Waals surface area contributed by atoms with Gasteiger partial charge in [0.25, 0.3) is 0 Å². The Morgan fingerprint density at radius 2 is 1.90 bits per heavy atom. The zero-order valence-corrected chi connectivity index (χ0v) is 18.0. The van der Waals surface area contributed by atoms with Gasteiger partial charge in [-0.3, -0.25) is 4.79 Å². The number of hydrogen-bond acceptors (Lipinski definition) is 4. The van der Waals surface area contributed by atoms with Crippen LogP contribution in [0.2, 0.25) is 0 Å². The Balaban J connectivity index is 1.95. The molecule has 1 unspecified atom stereocenters. The Bertz CT molecular complexity index is 1050. The van der Waals surface area contributed by atoms with Gasteiger partial charge in [-0.25, -0.2) is 13.4 Å². The first-order valence-electron chi connectivity index (χ1n) is 9.90.